The van der Waals surface area contributed by atoms with Gasteiger partial charge in [0, 0.05) is 18.9 Å². The third-order valence-electron chi connectivity index (χ3n) is 7.05. The van der Waals surface area contributed by atoms with Gasteiger partial charge in [0.2, 0.25) is 0 Å². The van der Waals surface area contributed by atoms with Gasteiger partial charge in [-0.1, -0.05) is 0 Å². The Morgan fingerprint density at radius 1 is 1.26 bits per heavy atom. The van der Waals surface area contributed by atoms with E-state index in [1.807, 2.05) is 6.92 Å². The van der Waals surface area contributed by atoms with Crippen molar-refractivity contribution in [3.05, 3.63) is 35.0 Å². The van der Waals surface area contributed by atoms with Gasteiger partial charge in [0.25, 0.3) is 11.9 Å². The summed E-state index contributed by atoms with van der Waals surface area (Å²) >= 11 is 0. The van der Waals surface area contributed by atoms with Crippen LogP contribution in [0.5, 0.6) is 5.75 Å². The fraction of sp³-hybridized carbons (Fsp3) is 0.583. The molecule has 2 unspecified atom stereocenters. The molecule has 3 aliphatic rings. The number of amides is 1. The summed E-state index contributed by atoms with van der Waals surface area (Å²) in [5.41, 5.74) is -0.396. The first kappa shape index (κ1) is 23.9. The summed E-state index contributed by atoms with van der Waals surface area (Å²) in [5, 5.41) is 2.45. The number of carbonyl (C=O) groups excluding carboxylic acids is 1. The molecule has 35 heavy (non-hydrogen) atoms. The van der Waals surface area contributed by atoms with E-state index < -0.39 is 41.4 Å². The minimum atomic E-state index is -4.61. The lowest BCUT2D eigenvalue weighted by Crippen LogP contribution is -2.61. The topological polar surface area (TPSA) is 76.8 Å². The van der Waals surface area contributed by atoms with Crippen LogP contribution in [0.3, 0.4) is 0 Å². The average molecular weight is 497 g/mol. The first-order valence-electron chi connectivity index (χ1n) is 11.6. The van der Waals surface area contributed by atoms with E-state index in [4.69, 9.17) is 13.9 Å². The summed E-state index contributed by atoms with van der Waals surface area (Å²) in [4.78, 5) is 18.5. The van der Waals surface area contributed by atoms with Crippen LogP contribution < -0.4 is 15.0 Å². The molecule has 0 spiro atoms. The summed E-state index contributed by atoms with van der Waals surface area (Å²) in [7, 11) is 1.54. The van der Waals surface area contributed by atoms with Gasteiger partial charge in [0.05, 0.1) is 19.2 Å². The predicted octanol–water partition coefficient (Wildman–Crippen LogP) is 4.88. The van der Waals surface area contributed by atoms with Crippen LogP contribution in [0.15, 0.2) is 16.5 Å². The molecule has 1 saturated heterocycles. The number of methoxy groups -OCH3 is 1. The normalized spacial score (nSPS) is 24.7. The Balaban J connectivity index is 1.32. The van der Waals surface area contributed by atoms with E-state index in [-0.39, 0.29) is 23.6 Å². The van der Waals surface area contributed by atoms with Gasteiger partial charge in [-0.2, -0.15) is 18.2 Å². The second-order valence-electron chi connectivity index (χ2n) is 10.1. The Morgan fingerprint density at radius 3 is 2.54 bits per heavy atom. The molecule has 2 heterocycles. The number of aryl methyl sites for hydroxylation is 1. The summed E-state index contributed by atoms with van der Waals surface area (Å²) in [6.45, 7) is 4.20. The molecular weight excluding hydrogens is 470 g/mol. The van der Waals surface area contributed by atoms with Crippen LogP contribution in [0.1, 0.15) is 48.0 Å². The Labute approximate surface area is 199 Å². The molecule has 0 radical (unpaired) electrons. The number of anilines is 2. The molecule has 1 aromatic carbocycles. The molecule has 2 saturated carbocycles. The van der Waals surface area contributed by atoms with E-state index in [0.29, 0.717) is 30.5 Å². The van der Waals surface area contributed by atoms with Crippen LogP contribution in [0.4, 0.5) is 29.3 Å². The fourth-order valence-electron chi connectivity index (χ4n) is 5.04. The first-order chi connectivity index (χ1) is 16.4. The lowest BCUT2D eigenvalue weighted by Gasteiger charge is -2.45. The van der Waals surface area contributed by atoms with Crippen molar-refractivity contribution in [2.45, 2.75) is 57.4 Å². The first-order valence-corrected chi connectivity index (χ1v) is 11.6. The highest BCUT2D eigenvalue weighted by molar-refractivity contribution is 6.04. The van der Waals surface area contributed by atoms with Crippen molar-refractivity contribution in [2.75, 3.05) is 30.4 Å². The zero-order valence-electron chi connectivity index (χ0n) is 19.7. The minimum absolute atomic E-state index is 0.0210. The number of hydrogen-bond donors (Lipinski definition) is 1. The largest absolute Gasteiger partial charge is 0.487 e. The van der Waals surface area contributed by atoms with Gasteiger partial charge < -0.3 is 24.1 Å². The molecule has 2 aliphatic carbocycles. The van der Waals surface area contributed by atoms with Crippen molar-refractivity contribution in [1.29, 1.82) is 0 Å². The van der Waals surface area contributed by atoms with Crippen LogP contribution in [-0.2, 0) is 11.2 Å². The van der Waals surface area contributed by atoms with E-state index in [2.05, 4.69) is 10.3 Å². The molecule has 1 aromatic heterocycles. The van der Waals surface area contributed by atoms with E-state index in [0.717, 1.165) is 18.9 Å². The lowest BCUT2D eigenvalue weighted by atomic mass is 9.97. The van der Waals surface area contributed by atoms with Gasteiger partial charge in [-0.25, -0.2) is 4.39 Å². The molecule has 190 valence electrons. The third-order valence-corrected chi connectivity index (χ3v) is 7.05. The van der Waals surface area contributed by atoms with Crippen molar-refractivity contribution < 1.29 is 36.2 Å². The van der Waals surface area contributed by atoms with Crippen molar-refractivity contribution in [3.63, 3.8) is 0 Å². The Morgan fingerprint density at radius 2 is 1.94 bits per heavy atom. The maximum absolute atomic E-state index is 14.8. The van der Waals surface area contributed by atoms with E-state index in [1.54, 1.807) is 11.8 Å². The number of fused-ring (bicyclic) bond motifs is 1. The fourth-order valence-corrected chi connectivity index (χ4v) is 5.04. The van der Waals surface area contributed by atoms with Crippen LogP contribution in [0.2, 0.25) is 0 Å². The molecule has 1 aliphatic heterocycles. The number of rotatable bonds is 7. The third kappa shape index (κ3) is 4.96. The number of carbonyl (C=O) groups is 1. The molecule has 5 rings (SSSR count). The van der Waals surface area contributed by atoms with Gasteiger partial charge in [0.1, 0.15) is 17.8 Å². The van der Waals surface area contributed by atoms with Gasteiger partial charge in [-0.15, -0.1) is 0 Å². The molecule has 1 amide bonds. The van der Waals surface area contributed by atoms with Crippen LogP contribution >= 0.6 is 0 Å². The number of alkyl halides is 3. The molecule has 2 aromatic rings. The summed E-state index contributed by atoms with van der Waals surface area (Å²) in [5.74, 6) is -0.670. The summed E-state index contributed by atoms with van der Waals surface area (Å²) in [6.07, 6.45) is -3.03. The zero-order valence-corrected chi connectivity index (χ0v) is 19.7. The van der Waals surface area contributed by atoms with Gasteiger partial charge in [-0.05, 0) is 56.6 Å². The maximum atomic E-state index is 14.8. The number of ether oxygens (including phenoxy) is 2. The lowest BCUT2D eigenvalue weighted by molar-refractivity contribution is -0.130. The number of nitrogens with one attached hydrogen (secondary N) is 1. The summed E-state index contributed by atoms with van der Waals surface area (Å²) in [6, 6.07) is 2.53. The zero-order chi connectivity index (χ0) is 25.1. The minimum Gasteiger partial charge on any atom is -0.487 e. The van der Waals surface area contributed by atoms with E-state index >= 15 is 0 Å². The monoisotopic (exact) mass is 497 g/mol. The number of oxazole rings is 1. The molecule has 3 atom stereocenters. The highest BCUT2D eigenvalue weighted by atomic mass is 19.4. The molecule has 3 fully saturated rings. The molecule has 0 bridgehead atoms. The number of benzene rings is 1. The number of nitrogens with zero attached hydrogens (tertiary/aromatic N) is 2. The van der Waals surface area contributed by atoms with Crippen molar-refractivity contribution in [3.8, 4) is 5.75 Å². The second-order valence-corrected chi connectivity index (χ2v) is 10.1. The predicted molar refractivity (Wildman–Crippen MR) is 118 cm³/mol. The highest BCUT2D eigenvalue weighted by Crippen LogP contribution is 2.52. The number of halogens is 4. The number of aromatic nitrogens is 1. The molecule has 7 nitrogen and oxygen atoms in total. The maximum Gasteiger partial charge on any atom is 0.396 e. The Kier molecular flexibility index (Phi) is 5.73. The molecule has 11 heteroatoms. The SMILES string of the molecule is COC1(C)CN(c2nc(C(=O)Nc3cc(C)c(OC4CC5C[C@H]5C4)c(F)c3)c(CC(F)(F)F)o2)C1. The number of hydrogen-bond acceptors (Lipinski definition) is 6. The van der Waals surface area contributed by atoms with E-state index in [9.17, 15) is 22.4 Å². The quantitative estimate of drug-likeness (QED) is 0.550. The summed E-state index contributed by atoms with van der Waals surface area (Å²) < 4.78 is 70.7. The van der Waals surface area contributed by atoms with Gasteiger partial charge >= 0.3 is 6.18 Å². The molecular formula is C24H27F4N3O4. The second kappa shape index (κ2) is 8.39. The van der Waals surface area contributed by atoms with Crippen LogP contribution in [0, 0.1) is 24.6 Å². The Bertz CT molecular complexity index is 1110. The van der Waals surface area contributed by atoms with Crippen molar-refractivity contribution in [1.82, 2.24) is 4.98 Å². The van der Waals surface area contributed by atoms with Crippen LogP contribution in [0.25, 0.3) is 0 Å². The smallest absolute Gasteiger partial charge is 0.396 e. The highest BCUT2D eigenvalue weighted by Gasteiger charge is 2.47. The van der Waals surface area contributed by atoms with Gasteiger partial charge in [-0.3, -0.25) is 4.79 Å². The molecule has 1 N–H and O–H groups in total. The van der Waals surface area contributed by atoms with E-state index in [1.165, 1.54) is 19.6 Å². The van der Waals surface area contributed by atoms with Crippen LogP contribution in [-0.4, -0.2) is 49.0 Å². The Hall–Kier alpha value is -2.82. The van der Waals surface area contributed by atoms with Crippen molar-refractivity contribution >= 4 is 17.6 Å². The average Bonchev–Trinajstić information content (AvgIpc) is 3.14. The van der Waals surface area contributed by atoms with Crippen molar-refractivity contribution in [2.24, 2.45) is 11.8 Å². The van der Waals surface area contributed by atoms with Gasteiger partial charge in [0.15, 0.2) is 17.3 Å². The standard InChI is InChI=1S/C24H27F4N3O4/c1-12-4-15(8-17(25)20(12)34-16-6-13-5-14(13)7-16)29-21(32)19-18(9-24(26,27)28)35-22(30-19)31-10-23(2,11-31)33-3/h4,8,13-14,16H,5-7,9-11H2,1-3H3,(H,29,32)/t13-,14?,16?/m0/s1.